The zero-order valence-electron chi connectivity index (χ0n) is 12.7. The summed E-state index contributed by atoms with van der Waals surface area (Å²) in [7, 11) is 0. The first kappa shape index (κ1) is 16.0. The van der Waals surface area contributed by atoms with E-state index in [0.717, 1.165) is 25.9 Å². The van der Waals surface area contributed by atoms with Gasteiger partial charge < -0.3 is 10.4 Å². The van der Waals surface area contributed by atoms with Crippen molar-refractivity contribution >= 4 is 0 Å². The van der Waals surface area contributed by atoms with Crippen molar-refractivity contribution in [2.24, 2.45) is 5.41 Å². The highest BCUT2D eigenvalue weighted by Gasteiger charge is 2.29. The number of hydrogen-bond donors (Lipinski definition) is 2. The van der Waals surface area contributed by atoms with Gasteiger partial charge in [-0.3, -0.25) is 0 Å². The SMILES string of the molecule is CCCCCC(C)(C)CNCC1(O)CCCCC1. The smallest absolute Gasteiger partial charge is 0.0771 e. The van der Waals surface area contributed by atoms with Gasteiger partial charge in [-0.1, -0.05) is 59.3 Å². The summed E-state index contributed by atoms with van der Waals surface area (Å²) in [5.41, 5.74) is -0.0576. The van der Waals surface area contributed by atoms with Crippen LogP contribution in [0.5, 0.6) is 0 Å². The Morgan fingerprint density at radius 3 is 2.39 bits per heavy atom. The van der Waals surface area contributed by atoms with Crippen LogP contribution in [0, 0.1) is 5.41 Å². The van der Waals surface area contributed by atoms with Crippen molar-refractivity contribution in [2.45, 2.75) is 84.2 Å². The first-order chi connectivity index (χ1) is 8.47. The number of aliphatic hydroxyl groups is 1. The van der Waals surface area contributed by atoms with E-state index in [-0.39, 0.29) is 0 Å². The Bertz CT molecular complexity index is 219. The van der Waals surface area contributed by atoms with Gasteiger partial charge in [0.2, 0.25) is 0 Å². The van der Waals surface area contributed by atoms with Gasteiger partial charge in [0.1, 0.15) is 0 Å². The summed E-state index contributed by atoms with van der Waals surface area (Å²) in [6, 6.07) is 0. The topological polar surface area (TPSA) is 32.3 Å². The number of hydrogen-bond acceptors (Lipinski definition) is 2. The molecule has 0 unspecified atom stereocenters. The van der Waals surface area contributed by atoms with Crippen LogP contribution < -0.4 is 5.32 Å². The van der Waals surface area contributed by atoms with E-state index in [9.17, 15) is 5.11 Å². The molecule has 0 spiro atoms. The predicted octanol–water partition coefficient (Wildman–Crippen LogP) is 3.88. The lowest BCUT2D eigenvalue weighted by Gasteiger charge is -2.34. The van der Waals surface area contributed by atoms with Crippen LogP contribution in [-0.4, -0.2) is 23.8 Å². The molecule has 1 rings (SSSR count). The standard InChI is InChI=1S/C16H33NO/c1-4-5-7-10-15(2,3)13-17-14-16(18)11-8-6-9-12-16/h17-18H,4-14H2,1-3H3. The molecule has 0 bridgehead atoms. The third-order valence-electron chi connectivity index (χ3n) is 4.30. The Balaban J connectivity index is 2.18. The Labute approximate surface area is 114 Å². The van der Waals surface area contributed by atoms with Gasteiger partial charge in [-0.15, -0.1) is 0 Å². The molecule has 0 amide bonds. The molecule has 18 heavy (non-hydrogen) atoms. The molecule has 0 aromatic rings. The van der Waals surface area contributed by atoms with E-state index >= 15 is 0 Å². The van der Waals surface area contributed by atoms with Crippen molar-refractivity contribution in [1.29, 1.82) is 0 Å². The lowest BCUT2D eigenvalue weighted by atomic mass is 9.83. The fourth-order valence-electron chi connectivity index (χ4n) is 2.96. The highest BCUT2D eigenvalue weighted by molar-refractivity contribution is 4.85. The summed E-state index contributed by atoms with van der Waals surface area (Å²) < 4.78 is 0. The average molecular weight is 255 g/mol. The van der Waals surface area contributed by atoms with Crippen molar-refractivity contribution in [3.05, 3.63) is 0 Å². The van der Waals surface area contributed by atoms with Gasteiger partial charge >= 0.3 is 0 Å². The Morgan fingerprint density at radius 1 is 1.11 bits per heavy atom. The van der Waals surface area contributed by atoms with Gasteiger partial charge in [-0.05, 0) is 24.7 Å². The van der Waals surface area contributed by atoms with Crippen LogP contribution in [0.25, 0.3) is 0 Å². The summed E-state index contributed by atoms with van der Waals surface area (Å²) in [6.45, 7) is 8.73. The number of rotatable bonds is 8. The second kappa shape index (κ2) is 7.49. The van der Waals surface area contributed by atoms with E-state index in [2.05, 4.69) is 26.1 Å². The molecule has 1 saturated carbocycles. The summed E-state index contributed by atoms with van der Waals surface area (Å²) in [5, 5.41) is 13.9. The maximum Gasteiger partial charge on any atom is 0.0771 e. The molecule has 0 radical (unpaired) electrons. The highest BCUT2D eigenvalue weighted by Crippen LogP contribution is 2.28. The van der Waals surface area contributed by atoms with Crippen LogP contribution in [0.2, 0.25) is 0 Å². The molecular weight excluding hydrogens is 222 g/mol. The zero-order valence-corrected chi connectivity index (χ0v) is 12.7. The molecule has 0 atom stereocenters. The van der Waals surface area contributed by atoms with E-state index in [0.29, 0.717) is 5.41 Å². The summed E-state index contributed by atoms with van der Waals surface area (Å²) in [5.74, 6) is 0. The van der Waals surface area contributed by atoms with Crippen molar-refractivity contribution < 1.29 is 5.11 Å². The molecule has 2 N–H and O–H groups in total. The third kappa shape index (κ3) is 6.19. The van der Waals surface area contributed by atoms with Crippen molar-refractivity contribution in [3.8, 4) is 0 Å². The van der Waals surface area contributed by atoms with Gasteiger partial charge in [-0.25, -0.2) is 0 Å². The molecule has 108 valence electrons. The number of unbranched alkanes of at least 4 members (excludes halogenated alkanes) is 2. The molecule has 1 aliphatic carbocycles. The average Bonchev–Trinajstić information content (AvgIpc) is 2.29. The lowest BCUT2D eigenvalue weighted by Crippen LogP contribution is -2.44. The molecule has 0 aromatic carbocycles. The fraction of sp³-hybridized carbons (Fsp3) is 1.00. The van der Waals surface area contributed by atoms with Gasteiger partial charge in [0.05, 0.1) is 5.60 Å². The quantitative estimate of drug-likeness (QED) is 0.645. The molecule has 0 aromatic heterocycles. The van der Waals surface area contributed by atoms with Gasteiger partial charge in [0, 0.05) is 13.1 Å². The Hall–Kier alpha value is -0.0800. The van der Waals surface area contributed by atoms with Gasteiger partial charge in [0.15, 0.2) is 0 Å². The molecule has 1 fully saturated rings. The van der Waals surface area contributed by atoms with Gasteiger partial charge in [0.25, 0.3) is 0 Å². The first-order valence-corrected chi connectivity index (χ1v) is 7.91. The third-order valence-corrected chi connectivity index (χ3v) is 4.30. The predicted molar refractivity (Wildman–Crippen MR) is 78.8 cm³/mol. The van der Waals surface area contributed by atoms with E-state index < -0.39 is 5.60 Å². The molecular formula is C16H33NO. The highest BCUT2D eigenvalue weighted by atomic mass is 16.3. The van der Waals surface area contributed by atoms with Gasteiger partial charge in [-0.2, -0.15) is 0 Å². The summed E-state index contributed by atoms with van der Waals surface area (Å²) >= 11 is 0. The minimum Gasteiger partial charge on any atom is -0.389 e. The minimum atomic E-state index is -0.419. The van der Waals surface area contributed by atoms with E-state index in [1.54, 1.807) is 0 Å². The first-order valence-electron chi connectivity index (χ1n) is 7.91. The fourth-order valence-corrected chi connectivity index (χ4v) is 2.96. The van der Waals surface area contributed by atoms with Crippen LogP contribution >= 0.6 is 0 Å². The van der Waals surface area contributed by atoms with Crippen LogP contribution in [0.1, 0.15) is 78.6 Å². The Kier molecular flexibility index (Phi) is 6.65. The molecule has 1 aliphatic rings. The molecule has 2 nitrogen and oxygen atoms in total. The number of nitrogens with one attached hydrogen (secondary N) is 1. The zero-order chi connectivity index (χ0) is 13.5. The summed E-state index contributed by atoms with van der Waals surface area (Å²) in [4.78, 5) is 0. The molecule has 0 saturated heterocycles. The van der Waals surface area contributed by atoms with Crippen molar-refractivity contribution in [2.75, 3.05) is 13.1 Å². The molecule has 0 aliphatic heterocycles. The van der Waals surface area contributed by atoms with Crippen LogP contribution in [0.4, 0.5) is 0 Å². The van der Waals surface area contributed by atoms with E-state index in [1.165, 1.54) is 44.9 Å². The monoisotopic (exact) mass is 255 g/mol. The molecule has 0 heterocycles. The van der Waals surface area contributed by atoms with Crippen LogP contribution in [-0.2, 0) is 0 Å². The van der Waals surface area contributed by atoms with E-state index in [1.807, 2.05) is 0 Å². The van der Waals surface area contributed by atoms with Crippen molar-refractivity contribution in [1.82, 2.24) is 5.32 Å². The second-order valence-electron chi connectivity index (χ2n) is 7.01. The van der Waals surface area contributed by atoms with Crippen molar-refractivity contribution in [3.63, 3.8) is 0 Å². The normalized spacial score (nSPS) is 20.0. The lowest BCUT2D eigenvalue weighted by molar-refractivity contribution is 0.00315. The largest absolute Gasteiger partial charge is 0.389 e. The second-order valence-corrected chi connectivity index (χ2v) is 7.01. The van der Waals surface area contributed by atoms with Crippen LogP contribution in [0.3, 0.4) is 0 Å². The maximum absolute atomic E-state index is 10.4. The van der Waals surface area contributed by atoms with Crippen LogP contribution in [0.15, 0.2) is 0 Å². The minimum absolute atomic E-state index is 0.361. The van der Waals surface area contributed by atoms with E-state index in [4.69, 9.17) is 0 Å². The Morgan fingerprint density at radius 2 is 1.78 bits per heavy atom. The maximum atomic E-state index is 10.4. The summed E-state index contributed by atoms with van der Waals surface area (Å²) in [6.07, 6.45) is 10.9. The molecule has 2 heteroatoms.